The molecule has 6 nitrogen and oxygen atoms in total. The van der Waals surface area contributed by atoms with E-state index in [1.54, 1.807) is 12.4 Å². The second kappa shape index (κ2) is 7.25. The molecule has 7 heteroatoms. The van der Waals surface area contributed by atoms with Crippen molar-refractivity contribution in [2.45, 2.75) is 18.8 Å². The molecular formula is C19H17ClN4O2. The van der Waals surface area contributed by atoms with Gasteiger partial charge < -0.3 is 9.42 Å². The Hall–Kier alpha value is -2.73. The van der Waals surface area contributed by atoms with Crippen LogP contribution in [0, 0.1) is 0 Å². The van der Waals surface area contributed by atoms with Crippen LogP contribution in [0.4, 0.5) is 0 Å². The molecule has 1 aliphatic heterocycles. The highest BCUT2D eigenvalue weighted by molar-refractivity contribution is 6.30. The van der Waals surface area contributed by atoms with Gasteiger partial charge in [0, 0.05) is 42.5 Å². The van der Waals surface area contributed by atoms with Crippen LogP contribution >= 0.6 is 11.6 Å². The van der Waals surface area contributed by atoms with Gasteiger partial charge in [-0.05, 0) is 36.2 Å². The first kappa shape index (κ1) is 16.7. The molecule has 1 atom stereocenters. The Balaban J connectivity index is 1.40. The van der Waals surface area contributed by atoms with Crippen LogP contribution < -0.4 is 0 Å². The topological polar surface area (TPSA) is 72.1 Å². The highest BCUT2D eigenvalue weighted by Crippen LogP contribution is 2.28. The van der Waals surface area contributed by atoms with E-state index in [2.05, 4.69) is 15.1 Å². The summed E-state index contributed by atoms with van der Waals surface area (Å²) < 4.78 is 5.40. The van der Waals surface area contributed by atoms with E-state index < -0.39 is 0 Å². The molecule has 1 aliphatic rings. The number of hydrogen-bond acceptors (Lipinski definition) is 5. The van der Waals surface area contributed by atoms with Crippen molar-refractivity contribution in [1.82, 2.24) is 20.0 Å². The molecule has 0 aliphatic carbocycles. The molecule has 2 aromatic heterocycles. The highest BCUT2D eigenvalue weighted by atomic mass is 35.5. The maximum Gasteiger partial charge on any atom is 0.232 e. The monoisotopic (exact) mass is 368 g/mol. The van der Waals surface area contributed by atoms with Crippen molar-refractivity contribution in [2.75, 3.05) is 13.1 Å². The number of nitrogens with zero attached hydrogens (tertiary/aromatic N) is 4. The molecule has 0 spiro atoms. The van der Waals surface area contributed by atoms with E-state index in [9.17, 15) is 4.79 Å². The minimum atomic E-state index is -0.0594. The zero-order valence-electron chi connectivity index (χ0n) is 14.0. The van der Waals surface area contributed by atoms with E-state index >= 15 is 0 Å². The predicted octanol–water partition coefficient (Wildman–Crippen LogP) is 3.34. The van der Waals surface area contributed by atoms with Crippen molar-refractivity contribution in [3.05, 3.63) is 65.3 Å². The molecule has 1 aromatic carbocycles. The molecule has 3 aromatic rings. The summed E-state index contributed by atoms with van der Waals surface area (Å²) in [6.07, 6.45) is 4.56. The number of carbonyl (C=O) groups excluding carboxylic acids is 1. The molecular weight excluding hydrogens is 352 g/mol. The SMILES string of the molecule is O=C1CC(c2nc(-c3ccncc3)no2)CN1CCc1ccc(Cl)cc1. The largest absolute Gasteiger partial charge is 0.342 e. The smallest absolute Gasteiger partial charge is 0.232 e. The molecule has 0 N–H and O–H groups in total. The van der Waals surface area contributed by atoms with E-state index in [0.29, 0.717) is 36.2 Å². The van der Waals surface area contributed by atoms with Crippen LogP contribution in [-0.2, 0) is 11.2 Å². The lowest BCUT2D eigenvalue weighted by Gasteiger charge is -2.15. The molecule has 0 radical (unpaired) electrons. The van der Waals surface area contributed by atoms with Gasteiger partial charge in [0.25, 0.3) is 0 Å². The summed E-state index contributed by atoms with van der Waals surface area (Å²) in [5.74, 6) is 1.09. The quantitative estimate of drug-likeness (QED) is 0.690. The fourth-order valence-corrected chi connectivity index (χ4v) is 3.21. The van der Waals surface area contributed by atoms with Crippen molar-refractivity contribution in [3.63, 3.8) is 0 Å². The third kappa shape index (κ3) is 3.60. The van der Waals surface area contributed by atoms with Crippen LogP contribution in [0.1, 0.15) is 23.8 Å². The highest BCUT2D eigenvalue weighted by Gasteiger charge is 2.34. The predicted molar refractivity (Wildman–Crippen MR) is 96.6 cm³/mol. The van der Waals surface area contributed by atoms with Gasteiger partial charge in [-0.15, -0.1) is 0 Å². The van der Waals surface area contributed by atoms with Crippen molar-refractivity contribution in [3.8, 4) is 11.4 Å². The molecule has 4 rings (SSSR count). The fourth-order valence-electron chi connectivity index (χ4n) is 3.09. The lowest BCUT2D eigenvalue weighted by molar-refractivity contribution is -0.127. The average molecular weight is 369 g/mol. The normalized spacial score (nSPS) is 17.0. The van der Waals surface area contributed by atoms with Gasteiger partial charge >= 0.3 is 0 Å². The van der Waals surface area contributed by atoms with E-state index in [4.69, 9.17) is 16.1 Å². The second-order valence-electron chi connectivity index (χ2n) is 6.31. The summed E-state index contributed by atoms with van der Waals surface area (Å²) in [4.78, 5) is 22.6. The zero-order chi connectivity index (χ0) is 17.9. The molecule has 26 heavy (non-hydrogen) atoms. The van der Waals surface area contributed by atoms with Crippen molar-refractivity contribution >= 4 is 17.5 Å². The number of halogens is 1. The standard InChI is InChI=1S/C19H17ClN4O2/c20-16-3-1-13(2-4-16)7-10-24-12-15(11-17(24)25)19-22-18(23-26-19)14-5-8-21-9-6-14/h1-6,8-9,15H,7,10-12H2. The average Bonchev–Trinajstić information content (AvgIpc) is 3.29. The Morgan fingerprint density at radius 3 is 2.69 bits per heavy atom. The number of pyridine rings is 1. The van der Waals surface area contributed by atoms with Crippen LogP contribution in [0.15, 0.2) is 53.3 Å². The number of hydrogen-bond donors (Lipinski definition) is 0. The second-order valence-corrected chi connectivity index (χ2v) is 6.75. The third-order valence-corrected chi connectivity index (χ3v) is 4.78. The molecule has 132 valence electrons. The van der Waals surface area contributed by atoms with E-state index in [-0.39, 0.29) is 11.8 Å². The number of carbonyl (C=O) groups is 1. The van der Waals surface area contributed by atoms with Gasteiger partial charge in [-0.25, -0.2) is 0 Å². The summed E-state index contributed by atoms with van der Waals surface area (Å²) in [6, 6.07) is 11.4. The van der Waals surface area contributed by atoms with Gasteiger partial charge in [0.1, 0.15) is 0 Å². The number of benzene rings is 1. The fraction of sp³-hybridized carbons (Fsp3) is 0.263. The zero-order valence-corrected chi connectivity index (χ0v) is 14.8. The Morgan fingerprint density at radius 1 is 1.15 bits per heavy atom. The number of rotatable bonds is 5. The molecule has 1 fully saturated rings. The van der Waals surface area contributed by atoms with Gasteiger partial charge in [-0.1, -0.05) is 28.9 Å². The summed E-state index contributed by atoms with van der Waals surface area (Å²) in [7, 11) is 0. The first-order valence-corrected chi connectivity index (χ1v) is 8.83. The molecule has 1 unspecified atom stereocenters. The Labute approximate surface area is 155 Å². The van der Waals surface area contributed by atoms with Crippen molar-refractivity contribution < 1.29 is 9.32 Å². The summed E-state index contributed by atoms with van der Waals surface area (Å²) in [5, 5.41) is 4.74. The molecule has 1 saturated heterocycles. The minimum Gasteiger partial charge on any atom is -0.342 e. The molecule has 0 bridgehead atoms. The van der Waals surface area contributed by atoms with Crippen LogP contribution in [-0.4, -0.2) is 39.0 Å². The summed E-state index contributed by atoms with van der Waals surface area (Å²) in [5.41, 5.74) is 2.00. The molecule has 1 amide bonds. The third-order valence-electron chi connectivity index (χ3n) is 4.53. The van der Waals surface area contributed by atoms with Crippen LogP contribution in [0.5, 0.6) is 0 Å². The lowest BCUT2D eigenvalue weighted by Crippen LogP contribution is -2.27. The summed E-state index contributed by atoms with van der Waals surface area (Å²) in [6.45, 7) is 1.27. The maximum atomic E-state index is 12.3. The van der Waals surface area contributed by atoms with Gasteiger partial charge in [0.05, 0.1) is 5.92 Å². The van der Waals surface area contributed by atoms with Gasteiger partial charge in [-0.2, -0.15) is 4.98 Å². The van der Waals surface area contributed by atoms with E-state index in [0.717, 1.165) is 17.5 Å². The van der Waals surface area contributed by atoms with Crippen molar-refractivity contribution in [1.29, 1.82) is 0 Å². The Bertz CT molecular complexity index is 895. The maximum absolute atomic E-state index is 12.3. The minimum absolute atomic E-state index is 0.0594. The Kier molecular flexibility index (Phi) is 4.67. The number of likely N-dealkylation sites (tertiary alicyclic amines) is 1. The van der Waals surface area contributed by atoms with Crippen LogP contribution in [0.25, 0.3) is 11.4 Å². The van der Waals surface area contributed by atoms with Crippen LogP contribution in [0.2, 0.25) is 5.02 Å². The van der Waals surface area contributed by atoms with E-state index in [1.807, 2.05) is 41.3 Å². The summed E-state index contributed by atoms with van der Waals surface area (Å²) >= 11 is 5.90. The molecule has 3 heterocycles. The van der Waals surface area contributed by atoms with Gasteiger partial charge in [-0.3, -0.25) is 9.78 Å². The number of aromatic nitrogens is 3. The van der Waals surface area contributed by atoms with Gasteiger partial charge in [0.15, 0.2) is 0 Å². The first-order valence-electron chi connectivity index (χ1n) is 8.45. The number of amides is 1. The van der Waals surface area contributed by atoms with Crippen molar-refractivity contribution in [2.24, 2.45) is 0 Å². The van der Waals surface area contributed by atoms with Gasteiger partial charge in [0.2, 0.25) is 17.6 Å². The van der Waals surface area contributed by atoms with Crippen LogP contribution in [0.3, 0.4) is 0 Å². The first-order chi connectivity index (χ1) is 12.7. The Morgan fingerprint density at radius 2 is 1.92 bits per heavy atom. The van der Waals surface area contributed by atoms with E-state index in [1.165, 1.54) is 0 Å². The molecule has 0 saturated carbocycles. The lowest BCUT2D eigenvalue weighted by atomic mass is 10.1.